The summed E-state index contributed by atoms with van der Waals surface area (Å²) in [6, 6.07) is 5.17. The molecule has 0 aliphatic carbocycles. The van der Waals surface area contributed by atoms with E-state index in [-0.39, 0.29) is 17.9 Å². The summed E-state index contributed by atoms with van der Waals surface area (Å²) in [4.78, 5) is 23.3. The van der Waals surface area contributed by atoms with Crippen LogP contribution in [0.15, 0.2) is 30.5 Å². The number of hydrogen-bond acceptors (Lipinski definition) is 4. The molecule has 0 aliphatic rings. The monoisotopic (exact) mass is 385 g/mol. The van der Waals surface area contributed by atoms with Crippen molar-refractivity contribution in [1.29, 1.82) is 0 Å². The normalized spacial score (nSPS) is 12.1. The zero-order valence-electron chi connectivity index (χ0n) is 14.8. The number of halogens is 3. The molecule has 0 aliphatic heterocycles. The van der Waals surface area contributed by atoms with Crippen LogP contribution in [0, 0.1) is 0 Å². The largest absolute Gasteiger partial charge is 0.478 e. The van der Waals surface area contributed by atoms with Crippen molar-refractivity contribution >= 4 is 11.9 Å². The highest BCUT2D eigenvalue weighted by atomic mass is 19.4. The fourth-order valence-electron chi connectivity index (χ4n) is 2.50. The Morgan fingerprint density at radius 2 is 1.81 bits per heavy atom. The molecule has 1 heterocycles. The SMILES string of the molecule is COCC(C)(C)NC(=O)c1ccc(-n2ncc(C(=O)O)c2C(F)(F)F)cc1. The van der Waals surface area contributed by atoms with Crippen molar-refractivity contribution in [1.82, 2.24) is 15.1 Å². The van der Waals surface area contributed by atoms with Crippen LogP contribution in [0.1, 0.15) is 40.3 Å². The molecule has 2 aromatic rings. The number of hydrogen-bond donors (Lipinski definition) is 2. The number of carbonyl (C=O) groups excluding carboxylic acids is 1. The first-order chi connectivity index (χ1) is 12.5. The molecule has 0 saturated heterocycles. The van der Waals surface area contributed by atoms with Crippen LogP contribution in [-0.4, -0.2) is 46.0 Å². The zero-order chi connectivity index (χ0) is 20.4. The van der Waals surface area contributed by atoms with Crippen molar-refractivity contribution in [3.05, 3.63) is 47.3 Å². The van der Waals surface area contributed by atoms with E-state index in [2.05, 4.69) is 10.4 Å². The van der Waals surface area contributed by atoms with Gasteiger partial charge < -0.3 is 15.2 Å². The van der Waals surface area contributed by atoms with Gasteiger partial charge in [0.1, 0.15) is 5.56 Å². The molecule has 0 radical (unpaired) electrons. The molecule has 1 aromatic heterocycles. The van der Waals surface area contributed by atoms with E-state index in [1.54, 1.807) is 13.8 Å². The van der Waals surface area contributed by atoms with Crippen LogP contribution in [0.2, 0.25) is 0 Å². The van der Waals surface area contributed by atoms with Crippen LogP contribution in [-0.2, 0) is 10.9 Å². The summed E-state index contributed by atoms with van der Waals surface area (Å²) in [5, 5.41) is 15.2. The van der Waals surface area contributed by atoms with E-state index in [9.17, 15) is 22.8 Å². The summed E-state index contributed by atoms with van der Waals surface area (Å²) in [5.41, 5.74) is -2.78. The highest BCUT2D eigenvalue weighted by Crippen LogP contribution is 2.33. The van der Waals surface area contributed by atoms with Crippen LogP contribution >= 0.6 is 0 Å². The first-order valence-electron chi connectivity index (χ1n) is 7.76. The molecule has 10 heteroatoms. The molecule has 146 valence electrons. The van der Waals surface area contributed by atoms with Crippen LogP contribution in [0.3, 0.4) is 0 Å². The minimum absolute atomic E-state index is 0.0254. The molecule has 1 amide bonds. The van der Waals surface area contributed by atoms with E-state index >= 15 is 0 Å². The first-order valence-corrected chi connectivity index (χ1v) is 7.76. The Bertz CT molecular complexity index is 842. The van der Waals surface area contributed by atoms with Crippen LogP contribution in [0.5, 0.6) is 0 Å². The maximum absolute atomic E-state index is 13.3. The van der Waals surface area contributed by atoms with Crippen LogP contribution in [0.4, 0.5) is 13.2 Å². The average Bonchev–Trinajstić information content (AvgIpc) is 3.00. The summed E-state index contributed by atoms with van der Waals surface area (Å²) in [6.07, 6.45) is -4.27. The Balaban J connectivity index is 2.34. The van der Waals surface area contributed by atoms with E-state index in [0.29, 0.717) is 10.9 Å². The van der Waals surface area contributed by atoms with Crippen molar-refractivity contribution in [2.75, 3.05) is 13.7 Å². The summed E-state index contributed by atoms with van der Waals surface area (Å²) >= 11 is 0. The molecule has 0 bridgehead atoms. The summed E-state index contributed by atoms with van der Waals surface area (Å²) in [7, 11) is 1.50. The fourth-order valence-corrected chi connectivity index (χ4v) is 2.50. The standard InChI is InChI=1S/C17H18F3N3O4/c1-16(2,9-27-3)22-14(24)10-4-6-11(7-5-10)23-13(17(18,19)20)12(8-21-23)15(25)26/h4-8H,9H2,1-3H3,(H,22,24)(H,25,26). The van der Waals surface area contributed by atoms with Gasteiger partial charge in [0.05, 0.1) is 24.0 Å². The summed E-state index contributed by atoms with van der Waals surface area (Å²) in [5.74, 6) is -2.16. The molecule has 27 heavy (non-hydrogen) atoms. The van der Waals surface area contributed by atoms with E-state index < -0.39 is 34.8 Å². The number of carboxylic acids is 1. The van der Waals surface area contributed by atoms with Crippen molar-refractivity contribution in [2.24, 2.45) is 0 Å². The molecular formula is C17H18F3N3O4. The van der Waals surface area contributed by atoms with Gasteiger partial charge in [0, 0.05) is 12.7 Å². The Kier molecular flexibility index (Phi) is 5.59. The number of rotatable bonds is 6. The lowest BCUT2D eigenvalue weighted by Crippen LogP contribution is -2.46. The number of carboxylic acid groups (broad SMARTS) is 1. The van der Waals surface area contributed by atoms with Crippen LogP contribution in [0.25, 0.3) is 5.69 Å². The minimum atomic E-state index is -4.91. The summed E-state index contributed by atoms with van der Waals surface area (Å²) in [6.45, 7) is 3.79. The number of alkyl halides is 3. The van der Waals surface area contributed by atoms with E-state index in [1.807, 2.05) is 0 Å². The molecule has 2 rings (SSSR count). The van der Waals surface area contributed by atoms with Crippen molar-refractivity contribution in [3.63, 3.8) is 0 Å². The smallest absolute Gasteiger partial charge is 0.434 e. The van der Waals surface area contributed by atoms with Crippen molar-refractivity contribution < 1.29 is 32.6 Å². The number of aromatic carboxylic acids is 1. The quantitative estimate of drug-likeness (QED) is 0.798. The molecule has 2 N–H and O–H groups in total. The van der Waals surface area contributed by atoms with Gasteiger partial charge in [-0.2, -0.15) is 18.3 Å². The topological polar surface area (TPSA) is 93.5 Å². The second-order valence-corrected chi connectivity index (χ2v) is 6.44. The molecule has 1 aromatic carbocycles. The Morgan fingerprint density at radius 1 is 1.22 bits per heavy atom. The number of amides is 1. The van der Waals surface area contributed by atoms with Crippen molar-refractivity contribution in [2.45, 2.75) is 25.6 Å². The Labute approximate surface area is 152 Å². The minimum Gasteiger partial charge on any atom is -0.478 e. The molecule has 0 unspecified atom stereocenters. The van der Waals surface area contributed by atoms with E-state index in [0.717, 1.165) is 0 Å². The maximum Gasteiger partial charge on any atom is 0.434 e. The number of aromatic nitrogens is 2. The zero-order valence-corrected chi connectivity index (χ0v) is 14.8. The van der Waals surface area contributed by atoms with Crippen molar-refractivity contribution in [3.8, 4) is 5.69 Å². The van der Waals surface area contributed by atoms with Gasteiger partial charge >= 0.3 is 12.1 Å². The Hall–Kier alpha value is -2.88. The third kappa shape index (κ3) is 4.64. The van der Waals surface area contributed by atoms with Gasteiger partial charge in [0.25, 0.3) is 5.91 Å². The lowest BCUT2D eigenvalue weighted by Gasteiger charge is -2.25. The predicted octanol–water partition coefficient (Wildman–Crippen LogP) is 2.74. The Morgan fingerprint density at radius 3 is 2.30 bits per heavy atom. The molecule has 0 spiro atoms. The van der Waals surface area contributed by atoms with Gasteiger partial charge in [-0.05, 0) is 38.1 Å². The third-order valence-electron chi connectivity index (χ3n) is 3.60. The van der Waals surface area contributed by atoms with E-state index in [4.69, 9.17) is 9.84 Å². The second kappa shape index (κ2) is 7.39. The fraction of sp³-hybridized carbons (Fsp3) is 0.353. The van der Waals surface area contributed by atoms with Gasteiger partial charge in [0.2, 0.25) is 0 Å². The van der Waals surface area contributed by atoms with Gasteiger partial charge in [-0.3, -0.25) is 4.79 Å². The molecule has 0 fully saturated rings. The average molecular weight is 385 g/mol. The lowest BCUT2D eigenvalue weighted by molar-refractivity contribution is -0.143. The van der Waals surface area contributed by atoms with Gasteiger partial charge in [-0.25, -0.2) is 9.48 Å². The number of carbonyl (C=O) groups is 2. The molecular weight excluding hydrogens is 367 g/mol. The lowest BCUT2D eigenvalue weighted by atomic mass is 10.1. The van der Waals surface area contributed by atoms with Crippen LogP contribution < -0.4 is 5.32 Å². The number of ether oxygens (including phenoxy) is 1. The van der Waals surface area contributed by atoms with Gasteiger partial charge in [-0.1, -0.05) is 0 Å². The molecule has 7 nitrogen and oxygen atoms in total. The van der Waals surface area contributed by atoms with Gasteiger partial charge in [-0.15, -0.1) is 0 Å². The molecule has 0 atom stereocenters. The maximum atomic E-state index is 13.3. The van der Waals surface area contributed by atoms with Gasteiger partial charge in [0.15, 0.2) is 5.69 Å². The molecule has 0 saturated carbocycles. The summed E-state index contributed by atoms with van der Waals surface area (Å²) < 4.78 is 45.3. The highest BCUT2D eigenvalue weighted by Gasteiger charge is 2.40. The number of methoxy groups -OCH3 is 1. The predicted molar refractivity (Wildman–Crippen MR) is 88.9 cm³/mol. The number of nitrogens with one attached hydrogen (secondary N) is 1. The number of benzene rings is 1. The highest BCUT2D eigenvalue weighted by molar-refractivity contribution is 5.95. The van der Waals surface area contributed by atoms with E-state index in [1.165, 1.54) is 31.4 Å². The second-order valence-electron chi connectivity index (χ2n) is 6.44. The third-order valence-corrected chi connectivity index (χ3v) is 3.60. The first kappa shape index (κ1) is 20.4. The number of nitrogens with zero attached hydrogens (tertiary/aromatic N) is 2.